The molecule has 0 radical (unpaired) electrons. The number of hydrogen-bond donors (Lipinski definition) is 2. The highest BCUT2D eigenvalue weighted by molar-refractivity contribution is 7.80. The Balaban J connectivity index is 2.67. The third kappa shape index (κ3) is 4.68. The second-order valence-electron chi connectivity index (χ2n) is 3.78. The number of hydrogen-bond acceptors (Lipinski definition) is 2. The van der Waals surface area contributed by atoms with Crippen LogP contribution < -0.4 is 5.32 Å². The van der Waals surface area contributed by atoms with Gasteiger partial charge in [-0.2, -0.15) is 0 Å². The molecule has 0 heterocycles. The highest BCUT2D eigenvalue weighted by atomic mass is 35.5. The standard InChI is InChI=1S/C11H14Cl2N2OS/c1-7(16)6-15(2)11(17)14-10-4-3-8(12)5-9(10)13/h3-5,7,16H,6H2,1-2H3,(H,14,17)/t7-/m0/s1. The number of nitrogens with zero attached hydrogens (tertiary/aromatic N) is 1. The first kappa shape index (κ1) is 14.5. The average Bonchev–Trinajstić information content (AvgIpc) is 2.21. The number of halogens is 2. The predicted octanol–water partition coefficient (Wildman–Crippen LogP) is 3.00. The van der Waals surface area contributed by atoms with Gasteiger partial charge in [0.2, 0.25) is 0 Å². The number of nitrogens with one attached hydrogen (secondary N) is 1. The lowest BCUT2D eigenvalue weighted by Gasteiger charge is -2.22. The molecule has 0 spiro atoms. The number of benzene rings is 1. The van der Waals surface area contributed by atoms with Crippen LogP contribution in [0.15, 0.2) is 18.2 Å². The monoisotopic (exact) mass is 292 g/mol. The smallest absolute Gasteiger partial charge is 0.173 e. The molecule has 1 atom stereocenters. The summed E-state index contributed by atoms with van der Waals surface area (Å²) in [4.78, 5) is 1.74. The number of aliphatic hydroxyl groups is 1. The molecule has 6 heteroatoms. The van der Waals surface area contributed by atoms with E-state index in [1.54, 1.807) is 37.1 Å². The second-order valence-corrected chi connectivity index (χ2v) is 5.01. The molecule has 17 heavy (non-hydrogen) atoms. The third-order valence-corrected chi connectivity index (χ3v) is 3.02. The van der Waals surface area contributed by atoms with Crippen molar-refractivity contribution in [1.29, 1.82) is 0 Å². The molecule has 0 bridgehead atoms. The topological polar surface area (TPSA) is 35.5 Å². The van der Waals surface area contributed by atoms with Gasteiger partial charge in [0.25, 0.3) is 0 Å². The van der Waals surface area contributed by atoms with Crippen LogP contribution >= 0.6 is 35.4 Å². The first-order chi connectivity index (χ1) is 7.90. The molecule has 0 fully saturated rings. The van der Waals surface area contributed by atoms with Crippen molar-refractivity contribution >= 4 is 46.2 Å². The second kappa shape index (κ2) is 6.40. The maximum atomic E-state index is 9.26. The van der Waals surface area contributed by atoms with Gasteiger partial charge in [-0.25, -0.2) is 0 Å². The van der Waals surface area contributed by atoms with Crippen molar-refractivity contribution in [1.82, 2.24) is 4.90 Å². The van der Waals surface area contributed by atoms with E-state index in [0.717, 1.165) is 0 Å². The molecular formula is C11H14Cl2N2OS. The van der Waals surface area contributed by atoms with Gasteiger partial charge in [0.15, 0.2) is 5.11 Å². The van der Waals surface area contributed by atoms with Gasteiger partial charge >= 0.3 is 0 Å². The lowest BCUT2D eigenvalue weighted by molar-refractivity contribution is 0.169. The molecule has 2 N–H and O–H groups in total. The normalized spacial score (nSPS) is 12.1. The Morgan fingerprint density at radius 3 is 2.71 bits per heavy atom. The van der Waals surface area contributed by atoms with E-state index in [4.69, 9.17) is 35.4 Å². The van der Waals surface area contributed by atoms with Crippen LogP contribution in [0.5, 0.6) is 0 Å². The average molecular weight is 293 g/mol. The largest absolute Gasteiger partial charge is 0.392 e. The Bertz CT molecular complexity index is 412. The van der Waals surface area contributed by atoms with Crippen molar-refractivity contribution in [3.8, 4) is 0 Å². The molecule has 0 aliphatic heterocycles. The summed E-state index contributed by atoms with van der Waals surface area (Å²) in [7, 11) is 1.80. The summed E-state index contributed by atoms with van der Waals surface area (Å²) in [5.74, 6) is 0. The summed E-state index contributed by atoms with van der Waals surface area (Å²) in [6.45, 7) is 2.16. The molecule has 0 aliphatic rings. The first-order valence-electron chi connectivity index (χ1n) is 5.05. The van der Waals surface area contributed by atoms with Crippen LogP contribution in [0.3, 0.4) is 0 Å². The zero-order valence-corrected chi connectivity index (χ0v) is 11.9. The van der Waals surface area contributed by atoms with Crippen LogP contribution in [-0.2, 0) is 0 Å². The van der Waals surface area contributed by atoms with Gasteiger partial charge < -0.3 is 15.3 Å². The van der Waals surface area contributed by atoms with Crippen LogP contribution in [0.2, 0.25) is 10.0 Å². The van der Waals surface area contributed by atoms with E-state index in [2.05, 4.69) is 5.32 Å². The molecule has 1 rings (SSSR count). The molecule has 0 saturated carbocycles. The summed E-state index contributed by atoms with van der Waals surface area (Å²) >= 11 is 17.0. The van der Waals surface area contributed by atoms with Crippen molar-refractivity contribution in [2.24, 2.45) is 0 Å². The van der Waals surface area contributed by atoms with Crippen LogP contribution in [-0.4, -0.2) is 34.8 Å². The minimum Gasteiger partial charge on any atom is -0.392 e. The molecular weight excluding hydrogens is 279 g/mol. The van der Waals surface area contributed by atoms with Crippen LogP contribution in [0.1, 0.15) is 6.92 Å². The van der Waals surface area contributed by atoms with Gasteiger partial charge in [-0.1, -0.05) is 23.2 Å². The summed E-state index contributed by atoms with van der Waals surface area (Å²) in [6.07, 6.45) is -0.444. The Hall–Kier alpha value is -0.550. The van der Waals surface area contributed by atoms with E-state index in [0.29, 0.717) is 27.4 Å². The number of aliphatic hydroxyl groups excluding tert-OH is 1. The number of anilines is 1. The molecule has 0 aromatic heterocycles. The fourth-order valence-electron chi connectivity index (χ4n) is 1.28. The fraction of sp³-hybridized carbons (Fsp3) is 0.364. The molecule has 0 aliphatic carbocycles. The first-order valence-corrected chi connectivity index (χ1v) is 6.22. The van der Waals surface area contributed by atoms with E-state index >= 15 is 0 Å². The fourth-order valence-corrected chi connectivity index (χ4v) is 1.92. The number of likely N-dealkylation sites (N-methyl/N-ethyl adjacent to an activating group) is 1. The maximum Gasteiger partial charge on any atom is 0.173 e. The summed E-state index contributed by atoms with van der Waals surface area (Å²) in [5.41, 5.74) is 0.693. The molecule has 94 valence electrons. The van der Waals surface area contributed by atoms with Gasteiger partial charge in [-0.3, -0.25) is 0 Å². The van der Waals surface area contributed by atoms with Crippen LogP contribution in [0.25, 0.3) is 0 Å². The molecule has 1 aromatic rings. The van der Waals surface area contributed by atoms with E-state index in [-0.39, 0.29) is 0 Å². The summed E-state index contributed by atoms with van der Waals surface area (Å²) < 4.78 is 0. The Morgan fingerprint density at radius 1 is 1.53 bits per heavy atom. The van der Waals surface area contributed by atoms with Crippen molar-refractivity contribution in [3.63, 3.8) is 0 Å². The Kier molecular flexibility index (Phi) is 5.46. The van der Waals surface area contributed by atoms with E-state index in [1.165, 1.54) is 0 Å². The molecule has 3 nitrogen and oxygen atoms in total. The summed E-state index contributed by atoms with van der Waals surface area (Å²) in [5, 5.41) is 13.8. The van der Waals surface area contributed by atoms with Crippen molar-refractivity contribution < 1.29 is 5.11 Å². The van der Waals surface area contributed by atoms with Gasteiger partial charge in [-0.05, 0) is 37.3 Å². The molecule has 0 unspecified atom stereocenters. The Labute approximate surface area is 116 Å². The van der Waals surface area contributed by atoms with E-state index in [1.807, 2.05) is 0 Å². The van der Waals surface area contributed by atoms with E-state index < -0.39 is 6.10 Å². The summed E-state index contributed by atoms with van der Waals surface area (Å²) in [6, 6.07) is 5.13. The predicted molar refractivity (Wildman–Crippen MR) is 77.0 cm³/mol. The number of thiocarbonyl (C=S) groups is 1. The maximum absolute atomic E-state index is 9.26. The molecule has 1 aromatic carbocycles. The lowest BCUT2D eigenvalue weighted by Crippen LogP contribution is -2.36. The Morgan fingerprint density at radius 2 is 2.18 bits per heavy atom. The quantitative estimate of drug-likeness (QED) is 0.840. The van der Waals surface area contributed by atoms with Gasteiger partial charge in [0, 0.05) is 18.6 Å². The number of rotatable bonds is 3. The minimum absolute atomic E-state index is 0.444. The third-order valence-electron chi connectivity index (χ3n) is 2.06. The van der Waals surface area contributed by atoms with Crippen LogP contribution in [0.4, 0.5) is 5.69 Å². The molecule has 0 amide bonds. The van der Waals surface area contributed by atoms with E-state index in [9.17, 15) is 5.11 Å². The van der Waals surface area contributed by atoms with Crippen molar-refractivity contribution in [3.05, 3.63) is 28.2 Å². The zero-order chi connectivity index (χ0) is 13.0. The van der Waals surface area contributed by atoms with Gasteiger partial charge in [0.1, 0.15) is 0 Å². The van der Waals surface area contributed by atoms with Crippen molar-refractivity contribution in [2.75, 3.05) is 18.9 Å². The molecule has 0 saturated heterocycles. The zero-order valence-electron chi connectivity index (χ0n) is 9.58. The SMILES string of the molecule is C[C@H](O)CN(C)C(=S)Nc1ccc(Cl)cc1Cl. The highest BCUT2D eigenvalue weighted by Crippen LogP contribution is 2.25. The van der Waals surface area contributed by atoms with Gasteiger partial charge in [0.05, 0.1) is 16.8 Å². The lowest BCUT2D eigenvalue weighted by atomic mass is 10.3. The van der Waals surface area contributed by atoms with Crippen LogP contribution in [0, 0.1) is 0 Å². The highest BCUT2D eigenvalue weighted by Gasteiger charge is 2.09. The van der Waals surface area contributed by atoms with Crippen molar-refractivity contribution in [2.45, 2.75) is 13.0 Å². The minimum atomic E-state index is -0.444. The van der Waals surface area contributed by atoms with Gasteiger partial charge in [-0.15, -0.1) is 0 Å².